The molecular formula is C22H18BrIN2OS. The lowest BCUT2D eigenvalue weighted by Gasteiger charge is -2.00. The number of aromatic nitrogens is 1. The molecule has 28 heavy (non-hydrogen) atoms. The van der Waals surface area contributed by atoms with Crippen molar-refractivity contribution >= 4 is 32.6 Å². The van der Waals surface area contributed by atoms with Crippen molar-refractivity contribution in [2.75, 3.05) is 5.32 Å². The quantitative estimate of drug-likeness (QED) is 0.333. The zero-order valence-corrected chi connectivity index (χ0v) is 19.9. The van der Waals surface area contributed by atoms with E-state index in [1.54, 1.807) is 0 Å². The monoisotopic (exact) mass is 564 g/mol. The molecule has 0 spiro atoms. The number of hydrogen-bond acceptors (Lipinski definition) is 3. The van der Waals surface area contributed by atoms with E-state index in [9.17, 15) is 4.79 Å². The third kappa shape index (κ3) is 4.98. The third-order valence-electron chi connectivity index (χ3n) is 4.10. The molecule has 0 aliphatic rings. The van der Waals surface area contributed by atoms with Crippen molar-refractivity contribution in [3.8, 4) is 0 Å². The Balaban J connectivity index is 0.00000225. The molecule has 1 heterocycles. The molecule has 0 bridgehead atoms. The number of benzene rings is 3. The number of hydrogen-bond donors (Lipinski definition) is 1. The standard InChI is InChI=1S/C22H17IN2OS.BrH/c1-14-3-8-17(9-4-14)23-18-10-6-16(7-11-18)21(26)25-22-24-19-12-5-15(2)13-20(19)27-22;/h3-13H,1-2H3;1H. The van der Waals surface area contributed by atoms with E-state index in [0.29, 0.717) is 10.7 Å². The summed E-state index contributed by atoms with van der Waals surface area (Å²) in [6.07, 6.45) is 0. The van der Waals surface area contributed by atoms with Crippen LogP contribution in [0.3, 0.4) is 0 Å². The second kappa shape index (κ2) is 9.15. The summed E-state index contributed by atoms with van der Waals surface area (Å²) in [6.45, 7) is 4.15. The van der Waals surface area contributed by atoms with Crippen molar-refractivity contribution in [3.05, 3.63) is 90.6 Å². The predicted molar refractivity (Wildman–Crippen MR) is 107 cm³/mol. The van der Waals surface area contributed by atoms with Gasteiger partial charge in [-0.05, 0) is 67.9 Å². The van der Waals surface area contributed by atoms with E-state index in [-0.39, 0.29) is 44.1 Å². The molecule has 0 saturated carbocycles. The van der Waals surface area contributed by atoms with Crippen LogP contribution in [0.4, 0.5) is 5.13 Å². The van der Waals surface area contributed by atoms with E-state index >= 15 is 0 Å². The second-order valence-corrected chi connectivity index (χ2v) is 10.4. The number of rotatable bonds is 4. The molecule has 0 aliphatic heterocycles. The number of carbonyl (C=O) groups excluding carboxylic acids is 1. The number of carbonyl (C=O) groups is 1. The fraction of sp³-hybridized carbons (Fsp3) is 0.0909. The van der Waals surface area contributed by atoms with Gasteiger partial charge in [-0.15, -0.1) is 0 Å². The van der Waals surface area contributed by atoms with Crippen molar-refractivity contribution < 1.29 is 43.0 Å². The van der Waals surface area contributed by atoms with Crippen LogP contribution in [0.5, 0.6) is 0 Å². The molecular weight excluding hydrogens is 547 g/mol. The molecule has 1 aromatic heterocycles. The molecule has 0 aliphatic carbocycles. The maximum Gasteiger partial charge on any atom is 0.357 e. The zero-order chi connectivity index (χ0) is 18.8. The van der Waals surface area contributed by atoms with Gasteiger partial charge in [-0.1, -0.05) is 35.1 Å². The minimum atomic E-state index is -0.225. The van der Waals surface area contributed by atoms with Crippen molar-refractivity contribution in [2.45, 2.75) is 13.8 Å². The lowest BCUT2D eigenvalue weighted by molar-refractivity contribution is -0.597. The van der Waals surface area contributed by atoms with Gasteiger partial charge in [0, 0.05) is 5.56 Å². The highest BCUT2D eigenvalue weighted by Gasteiger charge is 2.16. The van der Waals surface area contributed by atoms with Gasteiger partial charge in [-0.2, -0.15) is 0 Å². The number of fused-ring (bicyclic) bond motifs is 1. The number of thiazole rings is 1. The lowest BCUT2D eigenvalue weighted by atomic mass is 10.2. The summed E-state index contributed by atoms with van der Waals surface area (Å²) < 4.78 is 3.76. The molecule has 0 atom stereocenters. The molecule has 3 nitrogen and oxygen atoms in total. The molecule has 4 rings (SSSR count). The maximum absolute atomic E-state index is 12.5. The van der Waals surface area contributed by atoms with Crippen LogP contribution in [0.1, 0.15) is 21.5 Å². The summed E-state index contributed by atoms with van der Waals surface area (Å²) in [5, 5.41) is 3.56. The minimum absolute atomic E-state index is 0. The van der Waals surface area contributed by atoms with E-state index in [1.807, 2.05) is 24.3 Å². The van der Waals surface area contributed by atoms with Crippen molar-refractivity contribution in [2.24, 2.45) is 0 Å². The van der Waals surface area contributed by atoms with E-state index in [4.69, 9.17) is 0 Å². The van der Waals surface area contributed by atoms with E-state index in [0.717, 1.165) is 10.2 Å². The second-order valence-electron chi connectivity index (χ2n) is 6.34. The van der Waals surface area contributed by atoms with Gasteiger partial charge in [-0.3, -0.25) is 10.1 Å². The molecule has 1 amide bonds. The topological polar surface area (TPSA) is 42.0 Å². The Bertz CT molecular complexity index is 1110. The van der Waals surface area contributed by atoms with Crippen LogP contribution in [-0.2, 0) is 0 Å². The Morgan fingerprint density at radius 1 is 0.893 bits per heavy atom. The Kier molecular flexibility index (Phi) is 6.85. The van der Waals surface area contributed by atoms with Gasteiger partial charge < -0.3 is 17.0 Å². The largest absolute Gasteiger partial charge is 1.00 e. The highest BCUT2D eigenvalue weighted by molar-refractivity contribution is 7.22. The van der Waals surface area contributed by atoms with Crippen LogP contribution in [0, 0.1) is 21.0 Å². The SMILES string of the molecule is Cc1ccc([I+]c2ccc(C(=O)Nc3nc4ccc(C)cc4s3)cc2)cc1.[Br-]. The number of amides is 1. The van der Waals surface area contributed by atoms with Gasteiger partial charge in [0.05, 0.1) is 10.2 Å². The summed E-state index contributed by atoms with van der Waals surface area (Å²) in [5.41, 5.74) is 4.04. The first kappa shape index (κ1) is 21.0. The Morgan fingerprint density at radius 3 is 2.18 bits per heavy atom. The van der Waals surface area contributed by atoms with Crippen LogP contribution < -0.4 is 43.5 Å². The Labute approximate surface area is 189 Å². The average Bonchev–Trinajstić information content (AvgIpc) is 3.05. The third-order valence-corrected chi connectivity index (χ3v) is 7.72. The summed E-state index contributed by atoms with van der Waals surface area (Å²) in [6, 6.07) is 22.7. The van der Waals surface area contributed by atoms with Gasteiger partial charge in [-0.25, -0.2) is 4.98 Å². The molecule has 0 radical (unpaired) electrons. The predicted octanol–water partition coefficient (Wildman–Crippen LogP) is -0.702. The highest BCUT2D eigenvalue weighted by Crippen LogP contribution is 2.26. The van der Waals surface area contributed by atoms with Crippen molar-refractivity contribution in [3.63, 3.8) is 0 Å². The normalized spacial score (nSPS) is 10.5. The van der Waals surface area contributed by atoms with E-state index in [1.165, 1.54) is 29.6 Å². The van der Waals surface area contributed by atoms with Gasteiger partial charge in [0.2, 0.25) is 0 Å². The van der Waals surface area contributed by atoms with E-state index in [2.05, 4.69) is 66.6 Å². The Morgan fingerprint density at radius 2 is 1.50 bits per heavy atom. The fourth-order valence-electron chi connectivity index (χ4n) is 2.64. The molecule has 1 N–H and O–H groups in total. The van der Waals surface area contributed by atoms with Crippen LogP contribution in [0.2, 0.25) is 0 Å². The summed E-state index contributed by atoms with van der Waals surface area (Å²) >= 11 is 1.28. The molecule has 0 unspecified atom stereocenters. The molecule has 3 aromatic carbocycles. The van der Waals surface area contributed by atoms with Crippen molar-refractivity contribution in [1.29, 1.82) is 0 Å². The van der Waals surface area contributed by atoms with E-state index < -0.39 is 0 Å². The summed E-state index contributed by atoms with van der Waals surface area (Å²) in [7, 11) is 0. The highest BCUT2D eigenvalue weighted by atomic mass is 127. The van der Waals surface area contributed by atoms with Crippen LogP contribution in [-0.4, -0.2) is 10.9 Å². The zero-order valence-electron chi connectivity index (χ0n) is 15.4. The molecule has 142 valence electrons. The smallest absolute Gasteiger partial charge is 0.357 e. The summed E-state index contributed by atoms with van der Waals surface area (Å²) in [5.74, 6) is -0.120. The maximum atomic E-state index is 12.5. The molecule has 4 aromatic rings. The van der Waals surface area contributed by atoms with Gasteiger partial charge >= 0.3 is 21.2 Å². The number of halogens is 2. The van der Waals surface area contributed by atoms with Crippen molar-refractivity contribution in [1.82, 2.24) is 4.98 Å². The van der Waals surface area contributed by atoms with Gasteiger partial charge in [0.1, 0.15) is 0 Å². The number of anilines is 1. The number of nitrogens with one attached hydrogen (secondary N) is 1. The first-order chi connectivity index (χ1) is 13.1. The minimum Gasteiger partial charge on any atom is -1.00 e. The Hall–Kier alpha value is -1.77. The van der Waals surface area contributed by atoms with Crippen LogP contribution in [0.25, 0.3) is 10.2 Å². The van der Waals surface area contributed by atoms with Gasteiger partial charge in [0.15, 0.2) is 12.3 Å². The molecule has 0 saturated heterocycles. The summed E-state index contributed by atoms with van der Waals surface area (Å²) in [4.78, 5) is 17.0. The molecule has 0 fully saturated rings. The van der Waals surface area contributed by atoms with Crippen LogP contribution in [0.15, 0.2) is 66.7 Å². The van der Waals surface area contributed by atoms with Gasteiger partial charge in [0.25, 0.3) is 5.91 Å². The number of aryl methyl sites for hydroxylation is 2. The fourth-order valence-corrected chi connectivity index (χ4v) is 5.76. The first-order valence-corrected chi connectivity index (χ1v) is 11.5. The number of nitrogens with zero attached hydrogens (tertiary/aromatic N) is 1. The average molecular weight is 565 g/mol. The first-order valence-electron chi connectivity index (χ1n) is 8.57. The van der Waals surface area contributed by atoms with Crippen LogP contribution >= 0.6 is 11.3 Å². The molecule has 6 heteroatoms. The lowest BCUT2D eigenvalue weighted by Crippen LogP contribution is -3.61.